The highest BCUT2D eigenvalue weighted by molar-refractivity contribution is 7.91. The molecule has 0 aromatic heterocycles. The summed E-state index contributed by atoms with van der Waals surface area (Å²) >= 11 is 0. The fraction of sp³-hybridized carbons (Fsp3) is 0.571. The van der Waals surface area contributed by atoms with Gasteiger partial charge in [0.2, 0.25) is 0 Å². The van der Waals surface area contributed by atoms with Gasteiger partial charge >= 0.3 is 0 Å². The van der Waals surface area contributed by atoms with E-state index in [0.29, 0.717) is 23.1 Å². The fourth-order valence-corrected chi connectivity index (χ4v) is 3.25. The summed E-state index contributed by atoms with van der Waals surface area (Å²) in [5.41, 5.74) is 0.693. The van der Waals surface area contributed by atoms with Crippen LogP contribution < -0.4 is 5.32 Å². The highest BCUT2D eigenvalue weighted by atomic mass is 32.2. The summed E-state index contributed by atoms with van der Waals surface area (Å²) in [4.78, 5) is 0.388. The van der Waals surface area contributed by atoms with Crippen molar-refractivity contribution in [3.63, 3.8) is 0 Å². The fourth-order valence-electron chi connectivity index (χ4n) is 2.19. The van der Waals surface area contributed by atoms with Gasteiger partial charge in [0.05, 0.1) is 29.0 Å². The van der Waals surface area contributed by atoms with E-state index in [4.69, 9.17) is 4.74 Å². The standard InChI is InChI=1S/C14H21NO3S/c1-3-19(16,17)14-7-5-4-6-12(14)15-13(10-18-2)11-8-9-11/h4-7,11,13,15H,3,8-10H2,1-2H3. The monoisotopic (exact) mass is 283 g/mol. The maximum Gasteiger partial charge on any atom is 0.180 e. The molecule has 1 atom stereocenters. The highest BCUT2D eigenvalue weighted by Crippen LogP contribution is 2.35. The molecule has 1 unspecified atom stereocenters. The Hall–Kier alpha value is -1.07. The number of sulfone groups is 1. The van der Waals surface area contributed by atoms with Crippen molar-refractivity contribution in [1.82, 2.24) is 0 Å². The quantitative estimate of drug-likeness (QED) is 0.834. The minimum absolute atomic E-state index is 0.115. The van der Waals surface area contributed by atoms with E-state index in [1.165, 1.54) is 12.8 Å². The summed E-state index contributed by atoms with van der Waals surface area (Å²) in [6.07, 6.45) is 2.37. The third-order valence-corrected chi connectivity index (χ3v) is 5.27. The number of methoxy groups -OCH3 is 1. The molecule has 0 aliphatic heterocycles. The number of hydrogen-bond donors (Lipinski definition) is 1. The third kappa shape index (κ3) is 3.48. The molecule has 0 radical (unpaired) electrons. The SMILES string of the molecule is CCS(=O)(=O)c1ccccc1NC(COC)C1CC1. The zero-order chi connectivity index (χ0) is 13.9. The molecule has 1 N–H and O–H groups in total. The van der Waals surface area contributed by atoms with Crippen LogP contribution in [-0.4, -0.2) is 33.9 Å². The maximum absolute atomic E-state index is 12.1. The Morgan fingerprint density at radius 3 is 2.63 bits per heavy atom. The lowest BCUT2D eigenvalue weighted by atomic mass is 10.2. The lowest BCUT2D eigenvalue weighted by Gasteiger charge is -2.20. The average Bonchev–Trinajstić information content (AvgIpc) is 3.23. The molecule has 1 aliphatic carbocycles. The Kier molecular flexibility index (Phi) is 4.47. The molecule has 1 fully saturated rings. The van der Waals surface area contributed by atoms with Gasteiger partial charge in [0.15, 0.2) is 9.84 Å². The van der Waals surface area contributed by atoms with Crippen molar-refractivity contribution in [2.75, 3.05) is 24.8 Å². The van der Waals surface area contributed by atoms with Crippen LogP contribution in [0, 0.1) is 5.92 Å². The van der Waals surface area contributed by atoms with E-state index in [1.54, 1.807) is 26.2 Å². The second-order valence-corrected chi connectivity index (χ2v) is 7.19. The number of benzene rings is 1. The molecular weight excluding hydrogens is 262 g/mol. The van der Waals surface area contributed by atoms with Crippen molar-refractivity contribution in [2.24, 2.45) is 5.92 Å². The van der Waals surface area contributed by atoms with E-state index in [2.05, 4.69) is 5.32 Å². The Morgan fingerprint density at radius 1 is 1.37 bits per heavy atom. The van der Waals surface area contributed by atoms with Crippen LogP contribution in [0.2, 0.25) is 0 Å². The molecule has 19 heavy (non-hydrogen) atoms. The lowest BCUT2D eigenvalue weighted by molar-refractivity contribution is 0.179. The third-order valence-electron chi connectivity index (χ3n) is 3.48. The van der Waals surface area contributed by atoms with Gasteiger partial charge < -0.3 is 10.1 Å². The normalized spacial score (nSPS) is 17.2. The van der Waals surface area contributed by atoms with Crippen molar-refractivity contribution in [3.8, 4) is 0 Å². The number of rotatable bonds is 7. The average molecular weight is 283 g/mol. The van der Waals surface area contributed by atoms with Crippen LogP contribution in [0.3, 0.4) is 0 Å². The van der Waals surface area contributed by atoms with Crippen LogP contribution in [0.25, 0.3) is 0 Å². The summed E-state index contributed by atoms with van der Waals surface area (Å²) in [5.74, 6) is 0.710. The summed E-state index contributed by atoms with van der Waals surface area (Å²) in [6, 6.07) is 7.30. The molecule has 1 aromatic rings. The number of para-hydroxylation sites is 1. The first-order valence-electron chi connectivity index (χ1n) is 6.65. The largest absolute Gasteiger partial charge is 0.383 e. The van der Waals surface area contributed by atoms with Crippen LogP contribution in [-0.2, 0) is 14.6 Å². The Bertz CT molecular complexity index is 523. The predicted octanol–water partition coefficient (Wildman–Crippen LogP) is 2.32. The molecule has 5 heteroatoms. The molecule has 0 bridgehead atoms. The summed E-state index contributed by atoms with van der Waals surface area (Å²) < 4.78 is 29.4. The highest BCUT2D eigenvalue weighted by Gasteiger charge is 2.32. The number of anilines is 1. The first-order valence-corrected chi connectivity index (χ1v) is 8.31. The number of hydrogen-bond acceptors (Lipinski definition) is 4. The Labute approximate surface area is 115 Å². The molecular formula is C14H21NO3S. The summed E-state index contributed by atoms with van der Waals surface area (Å²) in [7, 11) is -1.53. The van der Waals surface area contributed by atoms with E-state index in [-0.39, 0.29) is 11.8 Å². The second-order valence-electron chi connectivity index (χ2n) is 4.94. The molecule has 0 heterocycles. The van der Waals surface area contributed by atoms with Gasteiger partial charge in [0.25, 0.3) is 0 Å². The minimum Gasteiger partial charge on any atom is -0.383 e. The molecule has 1 saturated carbocycles. The summed E-state index contributed by atoms with van der Waals surface area (Å²) in [5, 5.41) is 3.35. The van der Waals surface area contributed by atoms with E-state index in [0.717, 1.165) is 0 Å². The van der Waals surface area contributed by atoms with Crippen molar-refractivity contribution >= 4 is 15.5 Å². The van der Waals surface area contributed by atoms with Gasteiger partial charge in [-0.1, -0.05) is 19.1 Å². The smallest absolute Gasteiger partial charge is 0.180 e. The van der Waals surface area contributed by atoms with Gasteiger partial charge in [-0.3, -0.25) is 0 Å². The van der Waals surface area contributed by atoms with Crippen molar-refractivity contribution in [3.05, 3.63) is 24.3 Å². The van der Waals surface area contributed by atoms with Crippen LogP contribution >= 0.6 is 0 Å². The zero-order valence-corrected chi connectivity index (χ0v) is 12.2. The zero-order valence-electron chi connectivity index (χ0n) is 11.4. The number of nitrogens with one attached hydrogen (secondary N) is 1. The Balaban J connectivity index is 2.24. The summed E-state index contributed by atoms with van der Waals surface area (Å²) in [6.45, 7) is 2.27. The molecule has 4 nitrogen and oxygen atoms in total. The van der Waals surface area contributed by atoms with Crippen molar-refractivity contribution < 1.29 is 13.2 Å². The second kappa shape index (κ2) is 5.92. The molecule has 1 aliphatic rings. The van der Waals surface area contributed by atoms with E-state index >= 15 is 0 Å². The van der Waals surface area contributed by atoms with Crippen LogP contribution in [0.4, 0.5) is 5.69 Å². The van der Waals surface area contributed by atoms with Gasteiger partial charge in [-0.25, -0.2) is 8.42 Å². The van der Waals surface area contributed by atoms with E-state index in [1.807, 2.05) is 12.1 Å². The van der Waals surface area contributed by atoms with Crippen molar-refractivity contribution in [1.29, 1.82) is 0 Å². The van der Waals surface area contributed by atoms with Crippen LogP contribution in [0.1, 0.15) is 19.8 Å². The minimum atomic E-state index is -3.20. The van der Waals surface area contributed by atoms with Crippen molar-refractivity contribution in [2.45, 2.75) is 30.7 Å². The lowest BCUT2D eigenvalue weighted by Crippen LogP contribution is -2.28. The molecule has 0 spiro atoms. The first-order chi connectivity index (χ1) is 9.08. The first kappa shape index (κ1) is 14.3. The maximum atomic E-state index is 12.1. The topological polar surface area (TPSA) is 55.4 Å². The predicted molar refractivity (Wildman–Crippen MR) is 76.2 cm³/mol. The van der Waals surface area contributed by atoms with Gasteiger partial charge in [-0.05, 0) is 30.9 Å². The Morgan fingerprint density at radius 2 is 2.05 bits per heavy atom. The van der Waals surface area contributed by atoms with Gasteiger partial charge in [0.1, 0.15) is 0 Å². The molecule has 1 aromatic carbocycles. The molecule has 2 rings (SSSR count). The van der Waals surface area contributed by atoms with E-state index in [9.17, 15) is 8.42 Å². The van der Waals surface area contributed by atoms with Gasteiger partial charge in [-0.2, -0.15) is 0 Å². The number of ether oxygens (including phenoxy) is 1. The molecule has 106 valence electrons. The molecule has 0 amide bonds. The van der Waals surface area contributed by atoms with Crippen LogP contribution in [0.5, 0.6) is 0 Å². The van der Waals surface area contributed by atoms with E-state index < -0.39 is 9.84 Å². The van der Waals surface area contributed by atoms with Gasteiger partial charge in [0, 0.05) is 7.11 Å². The van der Waals surface area contributed by atoms with Gasteiger partial charge in [-0.15, -0.1) is 0 Å². The van der Waals surface area contributed by atoms with Crippen LogP contribution in [0.15, 0.2) is 29.2 Å². The molecule has 0 saturated heterocycles.